The maximum atomic E-state index is 4.87. The minimum atomic E-state index is 0.398. The van der Waals surface area contributed by atoms with Crippen LogP contribution >= 0.6 is 0 Å². The molecule has 2 aliphatic rings. The van der Waals surface area contributed by atoms with Crippen LogP contribution in [0.1, 0.15) is 64.5 Å². The molecular formula is C19H34N6. The summed E-state index contributed by atoms with van der Waals surface area (Å²) in [5, 5.41) is 12.3. The molecule has 1 fully saturated rings. The van der Waals surface area contributed by atoms with Crippen LogP contribution in [0, 0.1) is 5.41 Å². The molecule has 1 aromatic heterocycles. The SMILES string of the molecule is CCNC(=NCCCc1nnc2n1CCCCC2)N1CCC(C)(C)C1. The lowest BCUT2D eigenvalue weighted by molar-refractivity contribution is 0.370. The molecule has 1 saturated heterocycles. The quantitative estimate of drug-likeness (QED) is 0.506. The lowest BCUT2D eigenvalue weighted by atomic mass is 9.93. The molecule has 0 atom stereocenters. The topological polar surface area (TPSA) is 58.3 Å². The largest absolute Gasteiger partial charge is 0.357 e. The van der Waals surface area contributed by atoms with Gasteiger partial charge in [-0.05, 0) is 38.0 Å². The van der Waals surface area contributed by atoms with Gasteiger partial charge in [-0.2, -0.15) is 0 Å². The van der Waals surface area contributed by atoms with Crippen LogP contribution in [0.5, 0.6) is 0 Å². The minimum Gasteiger partial charge on any atom is -0.357 e. The van der Waals surface area contributed by atoms with Gasteiger partial charge in [-0.25, -0.2) is 0 Å². The third kappa shape index (κ3) is 4.73. The van der Waals surface area contributed by atoms with Crippen LogP contribution in [0.25, 0.3) is 0 Å². The van der Waals surface area contributed by atoms with Gasteiger partial charge in [0.25, 0.3) is 0 Å². The normalized spacial score (nSPS) is 20.4. The zero-order valence-corrected chi connectivity index (χ0v) is 16.2. The van der Waals surface area contributed by atoms with E-state index in [0.717, 1.165) is 63.8 Å². The molecule has 25 heavy (non-hydrogen) atoms. The van der Waals surface area contributed by atoms with Crippen molar-refractivity contribution in [3.63, 3.8) is 0 Å². The van der Waals surface area contributed by atoms with Crippen LogP contribution in [-0.4, -0.2) is 51.8 Å². The Morgan fingerprint density at radius 1 is 1.20 bits per heavy atom. The maximum Gasteiger partial charge on any atom is 0.193 e. The first-order valence-corrected chi connectivity index (χ1v) is 10.0. The van der Waals surface area contributed by atoms with Gasteiger partial charge < -0.3 is 14.8 Å². The standard InChI is InChI=1S/C19H34N6/c1-4-20-18(24-14-11-19(2,3)15-24)21-12-8-10-17-23-22-16-9-6-5-7-13-25(16)17/h4-15H2,1-3H3,(H,20,21). The molecule has 0 saturated carbocycles. The van der Waals surface area contributed by atoms with Crippen molar-refractivity contribution in [2.75, 3.05) is 26.2 Å². The van der Waals surface area contributed by atoms with Gasteiger partial charge in [-0.1, -0.05) is 20.3 Å². The molecule has 1 N–H and O–H groups in total. The zero-order chi connectivity index (χ0) is 17.7. The van der Waals surface area contributed by atoms with E-state index in [9.17, 15) is 0 Å². The van der Waals surface area contributed by atoms with Crippen LogP contribution in [-0.2, 0) is 19.4 Å². The number of aromatic nitrogens is 3. The first kappa shape index (κ1) is 18.2. The van der Waals surface area contributed by atoms with Crippen LogP contribution in [0.4, 0.5) is 0 Å². The minimum absolute atomic E-state index is 0.398. The van der Waals surface area contributed by atoms with Crippen LogP contribution in [0.15, 0.2) is 4.99 Å². The predicted octanol–water partition coefficient (Wildman–Crippen LogP) is 2.63. The molecule has 3 heterocycles. The summed E-state index contributed by atoms with van der Waals surface area (Å²) in [5.41, 5.74) is 0.398. The van der Waals surface area contributed by atoms with E-state index in [2.05, 4.69) is 45.8 Å². The van der Waals surface area contributed by atoms with E-state index in [0.29, 0.717) is 5.41 Å². The number of nitrogens with zero attached hydrogens (tertiary/aromatic N) is 5. The highest BCUT2D eigenvalue weighted by atomic mass is 15.3. The van der Waals surface area contributed by atoms with Gasteiger partial charge >= 0.3 is 0 Å². The Morgan fingerprint density at radius 2 is 2.08 bits per heavy atom. The third-order valence-corrected chi connectivity index (χ3v) is 5.32. The summed E-state index contributed by atoms with van der Waals surface area (Å²) >= 11 is 0. The fraction of sp³-hybridized carbons (Fsp3) is 0.842. The second-order valence-electron chi connectivity index (χ2n) is 8.17. The number of fused-ring (bicyclic) bond motifs is 1. The van der Waals surface area contributed by atoms with Crippen molar-refractivity contribution in [3.8, 4) is 0 Å². The number of likely N-dealkylation sites (tertiary alicyclic amines) is 1. The van der Waals surface area contributed by atoms with Crippen molar-refractivity contribution in [1.82, 2.24) is 25.0 Å². The molecule has 2 aliphatic heterocycles. The van der Waals surface area contributed by atoms with Gasteiger partial charge in [-0.3, -0.25) is 4.99 Å². The summed E-state index contributed by atoms with van der Waals surface area (Å²) in [6.07, 6.45) is 8.15. The molecule has 0 spiro atoms. The second-order valence-corrected chi connectivity index (χ2v) is 8.17. The average molecular weight is 347 g/mol. The first-order chi connectivity index (χ1) is 12.1. The van der Waals surface area contributed by atoms with Gasteiger partial charge in [0.2, 0.25) is 0 Å². The zero-order valence-electron chi connectivity index (χ0n) is 16.2. The Balaban J connectivity index is 1.54. The van der Waals surface area contributed by atoms with Crippen molar-refractivity contribution in [3.05, 3.63) is 11.6 Å². The fourth-order valence-electron chi connectivity index (χ4n) is 3.87. The molecular weight excluding hydrogens is 312 g/mol. The molecule has 140 valence electrons. The van der Waals surface area contributed by atoms with Gasteiger partial charge in [0.1, 0.15) is 11.6 Å². The molecule has 6 nitrogen and oxygen atoms in total. The Labute approximate surface area is 152 Å². The monoisotopic (exact) mass is 346 g/mol. The van der Waals surface area contributed by atoms with E-state index in [1.807, 2.05) is 0 Å². The van der Waals surface area contributed by atoms with Gasteiger partial charge in [0.15, 0.2) is 5.96 Å². The molecule has 0 aliphatic carbocycles. The van der Waals surface area contributed by atoms with Crippen molar-refractivity contribution in [1.29, 1.82) is 0 Å². The lowest BCUT2D eigenvalue weighted by Gasteiger charge is -2.23. The summed E-state index contributed by atoms with van der Waals surface area (Å²) in [5.74, 6) is 3.41. The number of hydrogen-bond donors (Lipinski definition) is 1. The Bertz CT molecular complexity index is 589. The molecule has 3 rings (SSSR count). The van der Waals surface area contributed by atoms with E-state index < -0.39 is 0 Å². The van der Waals surface area contributed by atoms with Crippen molar-refractivity contribution >= 4 is 5.96 Å². The van der Waals surface area contributed by atoms with Gasteiger partial charge in [0, 0.05) is 45.6 Å². The summed E-state index contributed by atoms with van der Waals surface area (Å²) in [6.45, 7) is 11.9. The molecule has 0 unspecified atom stereocenters. The predicted molar refractivity (Wildman–Crippen MR) is 102 cm³/mol. The van der Waals surface area contributed by atoms with E-state index >= 15 is 0 Å². The second kappa shape index (κ2) is 8.19. The van der Waals surface area contributed by atoms with E-state index in [1.165, 1.54) is 31.5 Å². The summed E-state index contributed by atoms with van der Waals surface area (Å²) < 4.78 is 2.35. The number of hydrogen-bond acceptors (Lipinski definition) is 3. The van der Waals surface area contributed by atoms with Crippen molar-refractivity contribution in [2.45, 2.75) is 72.3 Å². The molecule has 0 aromatic carbocycles. The van der Waals surface area contributed by atoms with Crippen LogP contribution in [0.2, 0.25) is 0 Å². The number of guanidine groups is 1. The first-order valence-electron chi connectivity index (χ1n) is 10.0. The number of aliphatic imine (C=N–C) groups is 1. The molecule has 0 radical (unpaired) electrons. The molecule has 1 aromatic rings. The number of rotatable bonds is 5. The van der Waals surface area contributed by atoms with Gasteiger partial charge in [-0.15, -0.1) is 10.2 Å². The van der Waals surface area contributed by atoms with Crippen molar-refractivity contribution in [2.24, 2.45) is 10.4 Å². The average Bonchev–Trinajstić information content (AvgIpc) is 3.04. The number of nitrogens with one attached hydrogen (secondary N) is 1. The Hall–Kier alpha value is -1.59. The highest BCUT2D eigenvalue weighted by molar-refractivity contribution is 5.80. The fourth-order valence-corrected chi connectivity index (χ4v) is 3.87. The van der Waals surface area contributed by atoms with E-state index in [4.69, 9.17) is 4.99 Å². The highest BCUT2D eigenvalue weighted by Crippen LogP contribution is 2.28. The third-order valence-electron chi connectivity index (χ3n) is 5.32. The molecule has 0 amide bonds. The van der Waals surface area contributed by atoms with Gasteiger partial charge in [0.05, 0.1) is 0 Å². The lowest BCUT2D eigenvalue weighted by Crippen LogP contribution is -2.40. The summed E-state index contributed by atoms with van der Waals surface area (Å²) in [7, 11) is 0. The smallest absolute Gasteiger partial charge is 0.193 e. The van der Waals surface area contributed by atoms with Crippen LogP contribution < -0.4 is 5.32 Å². The van der Waals surface area contributed by atoms with Crippen molar-refractivity contribution < 1.29 is 0 Å². The number of aryl methyl sites for hydroxylation is 2. The Kier molecular flexibility index (Phi) is 5.97. The summed E-state index contributed by atoms with van der Waals surface area (Å²) in [4.78, 5) is 7.27. The van der Waals surface area contributed by atoms with E-state index in [-0.39, 0.29) is 0 Å². The molecule has 6 heteroatoms. The van der Waals surface area contributed by atoms with E-state index in [1.54, 1.807) is 0 Å². The Morgan fingerprint density at radius 3 is 2.84 bits per heavy atom. The van der Waals surface area contributed by atoms with Crippen LogP contribution in [0.3, 0.4) is 0 Å². The summed E-state index contributed by atoms with van der Waals surface area (Å²) in [6, 6.07) is 0. The highest BCUT2D eigenvalue weighted by Gasteiger charge is 2.30. The maximum absolute atomic E-state index is 4.87. The molecule has 0 bridgehead atoms.